The molecule has 0 bridgehead atoms. The van der Waals surface area contributed by atoms with Crippen molar-refractivity contribution in [1.29, 1.82) is 0 Å². The van der Waals surface area contributed by atoms with Crippen molar-refractivity contribution in [2.75, 3.05) is 0 Å². The summed E-state index contributed by atoms with van der Waals surface area (Å²) in [5, 5.41) is 18.3. The molecule has 60 valence electrons. The van der Waals surface area contributed by atoms with Crippen LogP contribution in [0.3, 0.4) is 0 Å². The summed E-state index contributed by atoms with van der Waals surface area (Å²) in [7, 11) is 0. The molecule has 1 aromatic carbocycles. The molecule has 0 aliphatic heterocycles. The normalized spacial score (nSPS) is 13.1. The summed E-state index contributed by atoms with van der Waals surface area (Å²) < 4.78 is 0.831. The van der Waals surface area contributed by atoms with E-state index in [1.807, 2.05) is 6.07 Å². The van der Waals surface area contributed by atoms with E-state index < -0.39 is 5.23 Å². The van der Waals surface area contributed by atoms with Gasteiger partial charge in [-0.05, 0) is 13.0 Å². The van der Waals surface area contributed by atoms with E-state index in [2.05, 4.69) is 15.9 Å². The van der Waals surface area contributed by atoms with Gasteiger partial charge in [0.05, 0.1) is 0 Å². The molecule has 1 aromatic rings. The summed E-state index contributed by atoms with van der Waals surface area (Å²) in [4.78, 5) is 0. The summed E-state index contributed by atoms with van der Waals surface area (Å²) in [5.74, 6) is 0. The first-order valence-corrected chi connectivity index (χ1v) is 3.90. The predicted molar refractivity (Wildman–Crippen MR) is 44.7 cm³/mol. The topological polar surface area (TPSA) is 47.7 Å². The largest absolute Gasteiger partial charge is 0.595 e. The van der Waals surface area contributed by atoms with Crippen LogP contribution in [-0.2, 0) is 0 Å². The number of halogens is 1. The van der Waals surface area contributed by atoms with Crippen molar-refractivity contribution in [3.8, 4) is 0 Å². The first-order chi connectivity index (χ1) is 5.13. The lowest BCUT2D eigenvalue weighted by atomic mass is 10.2. The Balaban J connectivity index is 3.17. The molecule has 0 saturated heterocycles. The molecule has 2 N–H and O–H groups in total. The molecule has 1 unspecified atom stereocenters. The van der Waals surface area contributed by atoms with Crippen LogP contribution in [-0.4, -0.2) is 5.21 Å². The molecule has 0 amide bonds. The molecule has 0 aromatic heterocycles. The molecule has 1 rings (SSSR count). The highest BCUT2D eigenvalue weighted by Crippen LogP contribution is 2.20. The van der Waals surface area contributed by atoms with Gasteiger partial charge in [-0.15, -0.1) is 0 Å². The number of hydrogen-bond acceptors (Lipinski definition) is 2. The maximum atomic E-state index is 10.6. The van der Waals surface area contributed by atoms with Crippen LogP contribution >= 0.6 is 15.9 Å². The Morgan fingerprint density at radius 1 is 1.55 bits per heavy atom. The van der Waals surface area contributed by atoms with Crippen molar-refractivity contribution >= 4 is 21.6 Å². The Hall–Kier alpha value is -0.420. The van der Waals surface area contributed by atoms with Gasteiger partial charge in [-0.25, -0.2) is 5.21 Å². The van der Waals surface area contributed by atoms with Crippen LogP contribution in [0.2, 0.25) is 0 Å². The predicted octanol–water partition coefficient (Wildman–Crippen LogP) is 1.16. The van der Waals surface area contributed by atoms with Crippen molar-refractivity contribution < 1.29 is 10.4 Å². The Morgan fingerprint density at radius 3 is 2.64 bits per heavy atom. The van der Waals surface area contributed by atoms with Crippen molar-refractivity contribution in [1.82, 2.24) is 0 Å². The van der Waals surface area contributed by atoms with Crippen LogP contribution in [0.15, 0.2) is 22.7 Å². The standard InChI is InChI=1S/C7H8BrNO2/c1-5-6(8)3-2-4-7(5)9(10)11/h2-4,9-10H,1H3. The third-order valence-corrected chi connectivity index (χ3v) is 2.36. The minimum Gasteiger partial charge on any atom is -0.595 e. The first kappa shape index (κ1) is 8.67. The molecule has 0 radical (unpaired) electrons. The van der Waals surface area contributed by atoms with E-state index in [1.165, 1.54) is 0 Å². The van der Waals surface area contributed by atoms with Gasteiger partial charge in [0.1, 0.15) is 0 Å². The summed E-state index contributed by atoms with van der Waals surface area (Å²) in [6.45, 7) is 1.77. The molecule has 0 spiro atoms. The lowest BCUT2D eigenvalue weighted by molar-refractivity contribution is -0.991. The highest BCUT2D eigenvalue weighted by atomic mass is 79.9. The average molecular weight is 218 g/mol. The fraction of sp³-hybridized carbons (Fsp3) is 0.143. The van der Waals surface area contributed by atoms with E-state index in [9.17, 15) is 5.21 Å². The molecule has 0 saturated carbocycles. The van der Waals surface area contributed by atoms with E-state index in [0.717, 1.165) is 10.0 Å². The fourth-order valence-corrected chi connectivity index (χ4v) is 1.21. The average Bonchev–Trinajstić information content (AvgIpc) is 1.94. The van der Waals surface area contributed by atoms with E-state index in [1.54, 1.807) is 19.1 Å². The minimum absolute atomic E-state index is 0.347. The Labute approximate surface area is 72.9 Å². The Bertz CT molecular complexity index is 263. The second-order valence-corrected chi connectivity index (χ2v) is 3.07. The molecule has 3 nitrogen and oxygen atoms in total. The van der Waals surface area contributed by atoms with Crippen molar-refractivity contribution in [2.45, 2.75) is 6.92 Å². The van der Waals surface area contributed by atoms with Gasteiger partial charge in [0.25, 0.3) is 0 Å². The smallest absolute Gasteiger partial charge is 0.167 e. The van der Waals surface area contributed by atoms with Crippen LogP contribution in [0.1, 0.15) is 5.56 Å². The maximum absolute atomic E-state index is 10.6. The van der Waals surface area contributed by atoms with E-state index in [4.69, 9.17) is 5.21 Å². The number of hydrogen-bond donors (Lipinski definition) is 2. The third-order valence-electron chi connectivity index (χ3n) is 1.50. The van der Waals surface area contributed by atoms with Crippen LogP contribution < -0.4 is 5.23 Å². The van der Waals surface area contributed by atoms with Crippen molar-refractivity contribution in [3.63, 3.8) is 0 Å². The molecule has 4 heteroatoms. The summed E-state index contributed by atoms with van der Waals surface area (Å²) in [6, 6.07) is 5.12. The molecule has 0 fully saturated rings. The van der Waals surface area contributed by atoms with Gasteiger partial charge in [0, 0.05) is 16.1 Å². The Morgan fingerprint density at radius 2 is 2.18 bits per heavy atom. The number of nitrogens with one attached hydrogen (secondary N) is 1. The van der Waals surface area contributed by atoms with Gasteiger partial charge in [0.2, 0.25) is 0 Å². The molecule has 0 aliphatic rings. The lowest BCUT2D eigenvalue weighted by Crippen LogP contribution is -2.99. The van der Waals surface area contributed by atoms with Gasteiger partial charge in [-0.3, -0.25) is 0 Å². The molecular formula is C7H8BrNO2. The van der Waals surface area contributed by atoms with Crippen LogP contribution in [0.25, 0.3) is 0 Å². The van der Waals surface area contributed by atoms with Gasteiger partial charge in [0.15, 0.2) is 5.69 Å². The lowest BCUT2D eigenvalue weighted by Gasteiger charge is -2.14. The molecule has 1 atom stereocenters. The molecule has 11 heavy (non-hydrogen) atoms. The monoisotopic (exact) mass is 217 g/mol. The molecule has 0 aliphatic carbocycles. The number of quaternary nitrogens is 1. The molecular weight excluding hydrogens is 210 g/mol. The number of benzene rings is 1. The number of rotatable bonds is 1. The van der Waals surface area contributed by atoms with Crippen molar-refractivity contribution in [2.24, 2.45) is 0 Å². The SMILES string of the molecule is Cc1c(Br)cccc1[NH+]([O-])O. The minimum atomic E-state index is -0.885. The zero-order valence-electron chi connectivity index (χ0n) is 5.97. The van der Waals surface area contributed by atoms with Gasteiger partial charge < -0.3 is 5.21 Å². The van der Waals surface area contributed by atoms with Gasteiger partial charge in [-0.2, -0.15) is 5.23 Å². The summed E-state index contributed by atoms with van der Waals surface area (Å²) >= 11 is 3.25. The highest BCUT2D eigenvalue weighted by molar-refractivity contribution is 9.10. The van der Waals surface area contributed by atoms with E-state index in [-0.39, 0.29) is 0 Å². The second-order valence-electron chi connectivity index (χ2n) is 2.22. The molecule has 0 heterocycles. The summed E-state index contributed by atoms with van der Waals surface area (Å²) in [5.41, 5.74) is 1.11. The van der Waals surface area contributed by atoms with Gasteiger partial charge >= 0.3 is 0 Å². The van der Waals surface area contributed by atoms with Gasteiger partial charge in [-0.1, -0.05) is 22.0 Å². The van der Waals surface area contributed by atoms with Crippen molar-refractivity contribution in [3.05, 3.63) is 33.4 Å². The van der Waals surface area contributed by atoms with Crippen LogP contribution in [0.4, 0.5) is 5.69 Å². The van der Waals surface area contributed by atoms with Crippen LogP contribution in [0.5, 0.6) is 0 Å². The van der Waals surface area contributed by atoms with E-state index >= 15 is 0 Å². The maximum Gasteiger partial charge on any atom is 0.167 e. The van der Waals surface area contributed by atoms with Crippen LogP contribution in [0, 0.1) is 12.1 Å². The zero-order valence-corrected chi connectivity index (χ0v) is 7.55. The zero-order chi connectivity index (χ0) is 8.43. The van der Waals surface area contributed by atoms with E-state index in [0.29, 0.717) is 5.69 Å². The Kier molecular flexibility index (Phi) is 2.62. The second kappa shape index (κ2) is 3.32. The third kappa shape index (κ3) is 1.78. The highest BCUT2D eigenvalue weighted by Gasteiger charge is 2.06. The summed E-state index contributed by atoms with van der Waals surface area (Å²) in [6.07, 6.45) is 0. The first-order valence-electron chi connectivity index (χ1n) is 3.11. The fourth-order valence-electron chi connectivity index (χ4n) is 0.839. The quantitative estimate of drug-likeness (QED) is 0.695.